The molecule has 0 saturated carbocycles. The largest absolute Gasteiger partial charge is 0.480 e. The molecule has 2 aromatic rings. The molecule has 1 N–H and O–H groups in total. The summed E-state index contributed by atoms with van der Waals surface area (Å²) < 4.78 is 0. The zero-order valence-corrected chi connectivity index (χ0v) is 13.3. The number of nitrogens with zero attached hydrogens (tertiary/aromatic N) is 1. The molecule has 1 amide bonds. The van der Waals surface area contributed by atoms with E-state index < -0.39 is 5.97 Å². The molecule has 1 aromatic carbocycles. The molecular formula is C17H19NO3S. The molecule has 0 fully saturated rings. The minimum Gasteiger partial charge on any atom is -0.480 e. The van der Waals surface area contributed by atoms with Gasteiger partial charge in [0.1, 0.15) is 6.54 Å². The van der Waals surface area contributed by atoms with Crippen LogP contribution in [0.5, 0.6) is 0 Å². The van der Waals surface area contributed by atoms with Crippen LogP contribution < -0.4 is 4.90 Å². The van der Waals surface area contributed by atoms with E-state index in [0.29, 0.717) is 12.1 Å². The Morgan fingerprint density at radius 1 is 1.14 bits per heavy atom. The first-order chi connectivity index (χ1) is 10.6. The van der Waals surface area contributed by atoms with E-state index in [2.05, 4.69) is 19.1 Å². The van der Waals surface area contributed by atoms with Crippen LogP contribution in [-0.2, 0) is 16.0 Å². The van der Waals surface area contributed by atoms with Gasteiger partial charge in [0.05, 0.1) is 0 Å². The molecule has 2 rings (SSSR count). The van der Waals surface area contributed by atoms with Gasteiger partial charge in [-0.2, -0.15) is 0 Å². The fourth-order valence-electron chi connectivity index (χ4n) is 2.23. The Hall–Kier alpha value is -2.14. The van der Waals surface area contributed by atoms with Crippen LogP contribution in [0.1, 0.15) is 22.6 Å². The monoisotopic (exact) mass is 317 g/mol. The van der Waals surface area contributed by atoms with Gasteiger partial charge < -0.3 is 10.0 Å². The number of carbonyl (C=O) groups excluding carboxylic acids is 1. The van der Waals surface area contributed by atoms with Crippen LogP contribution >= 0.6 is 11.3 Å². The molecule has 0 spiro atoms. The Morgan fingerprint density at radius 3 is 2.45 bits per heavy atom. The number of carbonyl (C=O) groups is 2. The molecule has 0 aliphatic heterocycles. The average molecular weight is 317 g/mol. The number of thiophene rings is 1. The number of aryl methyl sites for hydroxylation is 2. The maximum atomic E-state index is 12.3. The quantitative estimate of drug-likeness (QED) is 0.850. The number of amides is 1. The maximum Gasteiger partial charge on any atom is 0.323 e. The number of benzene rings is 1. The molecule has 0 saturated heterocycles. The molecule has 1 aromatic heterocycles. The number of anilines is 1. The summed E-state index contributed by atoms with van der Waals surface area (Å²) in [5.74, 6) is -1.16. The van der Waals surface area contributed by atoms with Crippen LogP contribution in [-0.4, -0.2) is 23.5 Å². The molecule has 1 heterocycles. The molecule has 0 radical (unpaired) electrons. The Bertz CT molecular complexity index is 636. The van der Waals surface area contributed by atoms with E-state index in [-0.39, 0.29) is 12.5 Å². The van der Waals surface area contributed by atoms with Crippen molar-refractivity contribution in [3.63, 3.8) is 0 Å². The second-order valence-corrected chi connectivity index (χ2v) is 6.45. The molecule has 22 heavy (non-hydrogen) atoms. The third-order valence-corrected chi connectivity index (χ3v) is 4.33. The summed E-state index contributed by atoms with van der Waals surface area (Å²) in [6.07, 6.45) is 1.92. The van der Waals surface area contributed by atoms with Crippen LogP contribution in [0, 0.1) is 6.92 Å². The van der Waals surface area contributed by atoms with E-state index in [1.165, 1.54) is 14.7 Å². The lowest BCUT2D eigenvalue weighted by atomic mass is 10.2. The number of carboxylic acid groups (broad SMARTS) is 1. The van der Waals surface area contributed by atoms with Crippen LogP contribution in [0.4, 0.5) is 5.69 Å². The number of carboxylic acids is 1. The van der Waals surface area contributed by atoms with Crippen LogP contribution in [0.2, 0.25) is 0 Å². The fourth-order valence-corrected chi connectivity index (χ4v) is 3.17. The SMILES string of the molecule is Cc1ccc(CCCC(=O)N(CC(=O)O)c2ccccc2)s1. The normalized spacial score (nSPS) is 10.4. The van der Waals surface area contributed by atoms with Crippen molar-refractivity contribution in [3.05, 3.63) is 52.2 Å². The summed E-state index contributed by atoms with van der Waals surface area (Å²) in [6, 6.07) is 13.1. The van der Waals surface area contributed by atoms with Crippen LogP contribution in [0.3, 0.4) is 0 Å². The van der Waals surface area contributed by atoms with Gasteiger partial charge in [-0.1, -0.05) is 18.2 Å². The number of aliphatic carboxylic acids is 1. The first-order valence-electron chi connectivity index (χ1n) is 7.19. The minimum atomic E-state index is -1.01. The van der Waals surface area contributed by atoms with Gasteiger partial charge in [0.15, 0.2) is 0 Å². The van der Waals surface area contributed by atoms with Crippen LogP contribution in [0.15, 0.2) is 42.5 Å². The molecule has 0 atom stereocenters. The van der Waals surface area contributed by atoms with Crippen molar-refractivity contribution in [1.29, 1.82) is 0 Å². The standard InChI is InChI=1S/C17H19NO3S/c1-13-10-11-15(22-13)8-5-9-16(19)18(12-17(20)21)14-6-3-2-4-7-14/h2-4,6-7,10-11H,5,8-9,12H2,1H3,(H,20,21). The predicted octanol–water partition coefficient (Wildman–Crippen LogP) is 3.50. The number of hydrogen-bond acceptors (Lipinski definition) is 3. The van der Waals surface area contributed by atoms with Gasteiger partial charge in [0.2, 0.25) is 5.91 Å². The van der Waals surface area contributed by atoms with Gasteiger partial charge >= 0.3 is 5.97 Å². The predicted molar refractivity (Wildman–Crippen MR) is 88.4 cm³/mol. The van der Waals surface area contributed by atoms with E-state index in [1.807, 2.05) is 6.07 Å². The maximum absolute atomic E-state index is 12.3. The topological polar surface area (TPSA) is 57.6 Å². The van der Waals surface area contributed by atoms with E-state index in [9.17, 15) is 9.59 Å². The van der Waals surface area contributed by atoms with Gasteiger partial charge in [-0.15, -0.1) is 11.3 Å². The zero-order valence-electron chi connectivity index (χ0n) is 12.5. The Kier molecular flexibility index (Phi) is 5.72. The molecular weight excluding hydrogens is 298 g/mol. The van der Waals surface area contributed by atoms with Gasteiger partial charge in [0.25, 0.3) is 0 Å². The molecule has 0 aliphatic carbocycles. The fraction of sp³-hybridized carbons (Fsp3) is 0.294. The summed E-state index contributed by atoms with van der Waals surface area (Å²) in [5.41, 5.74) is 0.627. The smallest absolute Gasteiger partial charge is 0.323 e. The first kappa shape index (κ1) is 16.2. The van der Waals surface area contributed by atoms with Crippen molar-refractivity contribution in [3.8, 4) is 0 Å². The van der Waals surface area contributed by atoms with E-state index >= 15 is 0 Å². The van der Waals surface area contributed by atoms with Crippen molar-refractivity contribution in [1.82, 2.24) is 0 Å². The van der Waals surface area contributed by atoms with Crippen molar-refractivity contribution in [2.24, 2.45) is 0 Å². The number of hydrogen-bond donors (Lipinski definition) is 1. The van der Waals surface area contributed by atoms with Gasteiger partial charge in [-0.05, 0) is 44.0 Å². The highest BCUT2D eigenvalue weighted by molar-refractivity contribution is 7.11. The number of rotatable bonds is 7. The Labute approximate surface area is 134 Å². The first-order valence-corrected chi connectivity index (χ1v) is 8.00. The molecule has 0 bridgehead atoms. The van der Waals surface area contributed by atoms with Crippen molar-refractivity contribution in [2.45, 2.75) is 26.2 Å². The Morgan fingerprint density at radius 2 is 1.86 bits per heavy atom. The van der Waals surface area contributed by atoms with Crippen molar-refractivity contribution >= 4 is 28.9 Å². The highest BCUT2D eigenvalue weighted by Crippen LogP contribution is 2.19. The third kappa shape index (κ3) is 4.70. The third-order valence-electron chi connectivity index (χ3n) is 3.27. The van der Waals surface area contributed by atoms with Gasteiger partial charge in [-0.3, -0.25) is 9.59 Å². The van der Waals surface area contributed by atoms with Crippen molar-refractivity contribution < 1.29 is 14.7 Å². The van der Waals surface area contributed by atoms with E-state index in [1.54, 1.807) is 35.6 Å². The lowest BCUT2D eigenvalue weighted by molar-refractivity contribution is -0.136. The lowest BCUT2D eigenvalue weighted by Gasteiger charge is -2.20. The molecule has 0 unspecified atom stereocenters. The summed E-state index contributed by atoms with van der Waals surface area (Å²) in [6.45, 7) is 1.75. The molecule has 4 nitrogen and oxygen atoms in total. The van der Waals surface area contributed by atoms with E-state index in [4.69, 9.17) is 5.11 Å². The summed E-state index contributed by atoms with van der Waals surface area (Å²) in [7, 11) is 0. The lowest BCUT2D eigenvalue weighted by Crippen LogP contribution is -2.35. The van der Waals surface area contributed by atoms with Crippen molar-refractivity contribution in [2.75, 3.05) is 11.4 Å². The van der Waals surface area contributed by atoms with E-state index in [0.717, 1.165) is 12.8 Å². The van der Waals surface area contributed by atoms with Gasteiger partial charge in [-0.25, -0.2) is 0 Å². The summed E-state index contributed by atoms with van der Waals surface area (Å²) in [4.78, 5) is 27.2. The number of para-hydroxylation sites is 1. The average Bonchev–Trinajstić information content (AvgIpc) is 2.91. The second-order valence-electron chi connectivity index (χ2n) is 5.08. The molecule has 116 valence electrons. The molecule has 0 aliphatic rings. The zero-order chi connectivity index (χ0) is 15.9. The van der Waals surface area contributed by atoms with Gasteiger partial charge in [0, 0.05) is 21.9 Å². The Balaban J connectivity index is 1.95. The second kappa shape index (κ2) is 7.75. The summed E-state index contributed by atoms with van der Waals surface area (Å²) >= 11 is 1.74. The summed E-state index contributed by atoms with van der Waals surface area (Å²) in [5, 5.41) is 9.01. The van der Waals surface area contributed by atoms with Crippen LogP contribution in [0.25, 0.3) is 0 Å². The minimum absolute atomic E-state index is 0.151. The molecule has 5 heteroatoms. The highest BCUT2D eigenvalue weighted by atomic mass is 32.1. The highest BCUT2D eigenvalue weighted by Gasteiger charge is 2.18.